The first-order valence-electron chi connectivity index (χ1n) is 7.12. The van der Waals surface area contributed by atoms with Crippen LogP contribution < -0.4 is 10.2 Å². The van der Waals surface area contributed by atoms with Crippen LogP contribution in [0.1, 0.15) is 18.5 Å². The van der Waals surface area contributed by atoms with Crippen molar-refractivity contribution >= 4 is 27.6 Å². The molecule has 1 fully saturated rings. The minimum absolute atomic E-state index is 0.464. The third-order valence-corrected chi connectivity index (χ3v) is 4.16. The topological polar surface area (TPSA) is 53.9 Å². The number of halogens is 1. The Morgan fingerprint density at radius 3 is 2.67 bits per heavy atom. The number of nitrogens with one attached hydrogen (secondary N) is 1. The molecule has 0 aromatic carbocycles. The summed E-state index contributed by atoms with van der Waals surface area (Å²) in [5.74, 6) is 1.97. The normalized spacial score (nSPS) is 16.0. The van der Waals surface area contributed by atoms with Crippen molar-refractivity contribution in [3.63, 3.8) is 0 Å². The second-order valence-electron chi connectivity index (χ2n) is 5.28. The molecule has 6 heteroatoms. The second kappa shape index (κ2) is 6.39. The van der Waals surface area contributed by atoms with Gasteiger partial charge in [-0.05, 0) is 47.8 Å². The molecule has 110 valence electrons. The van der Waals surface area contributed by atoms with Crippen LogP contribution in [0.5, 0.6) is 0 Å². The van der Waals surface area contributed by atoms with Gasteiger partial charge < -0.3 is 10.2 Å². The van der Waals surface area contributed by atoms with Crippen LogP contribution in [0.15, 0.2) is 35.2 Å². The van der Waals surface area contributed by atoms with Crippen LogP contribution in [0.25, 0.3) is 0 Å². The van der Waals surface area contributed by atoms with Crippen molar-refractivity contribution in [3.05, 3.63) is 40.9 Å². The number of aromatic nitrogens is 3. The summed E-state index contributed by atoms with van der Waals surface area (Å²) in [6.45, 7) is 4.00. The van der Waals surface area contributed by atoms with Crippen LogP contribution in [0, 0.1) is 6.92 Å². The molecule has 2 aromatic heterocycles. The summed E-state index contributed by atoms with van der Waals surface area (Å²) in [6, 6.07) is 6.55. The zero-order valence-electron chi connectivity index (χ0n) is 12.0. The molecule has 0 aliphatic carbocycles. The van der Waals surface area contributed by atoms with Gasteiger partial charge in [-0.15, -0.1) is 0 Å². The van der Waals surface area contributed by atoms with Gasteiger partial charge in [0.15, 0.2) is 0 Å². The minimum Gasteiger partial charge on any atom is -0.367 e. The fraction of sp³-hybridized carbons (Fsp3) is 0.400. The zero-order chi connectivity index (χ0) is 14.7. The van der Waals surface area contributed by atoms with E-state index in [0.29, 0.717) is 6.04 Å². The van der Waals surface area contributed by atoms with E-state index in [1.165, 1.54) is 0 Å². The van der Waals surface area contributed by atoms with Crippen LogP contribution in [-0.2, 0) is 0 Å². The first-order valence-corrected chi connectivity index (χ1v) is 7.92. The van der Waals surface area contributed by atoms with E-state index >= 15 is 0 Å². The van der Waals surface area contributed by atoms with Crippen molar-refractivity contribution in [2.75, 3.05) is 23.3 Å². The standard InChI is InChI=1S/C15H18BrN5/c1-11-8-14(19-10-18-11)20-13-4-6-21(7-5-13)15-3-2-12(16)9-17-15/h2-3,8-10,13H,4-7H2,1H3,(H,18,19,20). The summed E-state index contributed by atoms with van der Waals surface area (Å²) in [7, 11) is 0. The van der Waals surface area contributed by atoms with Crippen LogP contribution >= 0.6 is 15.9 Å². The van der Waals surface area contributed by atoms with Gasteiger partial charge in [-0.2, -0.15) is 0 Å². The molecular weight excluding hydrogens is 330 g/mol. The molecule has 0 amide bonds. The fourth-order valence-corrected chi connectivity index (χ4v) is 2.79. The van der Waals surface area contributed by atoms with Crippen LogP contribution in [0.4, 0.5) is 11.6 Å². The van der Waals surface area contributed by atoms with E-state index in [1.54, 1.807) is 6.33 Å². The molecule has 1 N–H and O–H groups in total. The van der Waals surface area contributed by atoms with Crippen molar-refractivity contribution in [1.82, 2.24) is 15.0 Å². The lowest BCUT2D eigenvalue weighted by molar-refractivity contribution is 0.522. The zero-order valence-corrected chi connectivity index (χ0v) is 13.5. The fourth-order valence-electron chi connectivity index (χ4n) is 2.55. The number of hydrogen-bond donors (Lipinski definition) is 1. The SMILES string of the molecule is Cc1cc(NC2CCN(c3ccc(Br)cn3)CC2)ncn1. The number of piperidine rings is 1. The molecule has 3 heterocycles. The van der Waals surface area contributed by atoms with E-state index in [9.17, 15) is 0 Å². The Morgan fingerprint density at radius 1 is 1.19 bits per heavy atom. The third-order valence-electron chi connectivity index (χ3n) is 3.69. The van der Waals surface area contributed by atoms with E-state index < -0.39 is 0 Å². The maximum Gasteiger partial charge on any atom is 0.129 e. The molecule has 2 aromatic rings. The van der Waals surface area contributed by atoms with Gasteiger partial charge in [0.25, 0.3) is 0 Å². The Labute approximate surface area is 133 Å². The number of pyridine rings is 1. The van der Waals surface area contributed by atoms with Crippen molar-refractivity contribution in [2.24, 2.45) is 0 Å². The second-order valence-corrected chi connectivity index (χ2v) is 6.20. The van der Waals surface area contributed by atoms with Gasteiger partial charge in [0.1, 0.15) is 18.0 Å². The molecule has 3 rings (SSSR count). The van der Waals surface area contributed by atoms with Crippen molar-refractivity contribution in [2.45, 2.75) is 25.8 Å². The van der Waals surface area contributed by atoms with Gasteiger partial charge in [0.05, 0.1) is 0 Å². The van der Waals surface area contributed by atoms with E-state index in [4.69, 9.17) is 0 Å². The quantitative estimate of drug-likeness (QED) is 0.924. The van der Waals surface area contributed by atoms with E-state index in [-0.39, 0.29) is 0 Å². The summed E-state index contributed by atoms with van der Waals surface area (Å²) >= 11 is 3.42. The summed E-state index contributed by atoms with van der Waals surface area (Å²) in [5.41, 5.74) is 0.990. The third kappa shape index (κ3) is 3.69. The Bertz CT molecular complexity index is 593. The average molecular weight is 348 g/mol. The van der Waals surface area contributed by atoms with E-state index in [2.05, 4.69) is 47.2 Å². The highest BCUT2D eigenvalue weighted by Gasteiger charge is 2.20. The number of anilines is 2. The van der Waals surface area contributed by atoms with E-state index in [1.807, 2.05) is 25.3 Å². The Balaban J connectivity index is 1.56. The predicted octanol–water partition coefficient (Wildman–Crippen LogP) is 3.02. The maximum absolute atomic E-state index is 4.46. The lowest BCUT2D eigenvalue weighted by atomic mass is 10.1. The molecule has 1 saturated heterocycles. The van der Waals surface area contributed by atoms with Gasteiger partial charge in [0, 0.05) is 41.6 Å². The first kappa shape index (κ1) is 14.3. The molecule has 0 unspecified atom stereocenters. The minimum atomic E-state index is 0.464. The largest absolute Gasteiger partial charge is 0.367 e. The van der Waals surface area contributed by atoms with Crippen molar-refractivity contribution in [1.29, 1.82) is 0 Å². The Kier molecular flexibility index (Phi) is 4.34. The Morgan fingerprint density at radius 2 is 2.00 bits per heavy atom. The number of aryl methyl sites for hydroxylation is 1. The van der Waals surface area contributed by atoms with Crippen molar-refractivity contribution in [3.8, 4) is 0 Å². The van der Waals surface area contributed by atoms with Gasteiger partial charge in [-0.3, -0.25) is 0 Å². The van der Waals surface area contributed by atoms with Crippen LogP contribution in [0.3, 0.4) is 0 Å². The molecule has 0 saturated carbocycles. The predicted molar refractivity (Wildman–Crippen MR) is 87.6 cm³/mol. The van der Waals surface area contributed by atoms with Gasteiger partial charge in [0.2, 0.25) is 0 Å². The molecule has 0 spiro atoms. The number of rotatable bonds is 3. The average Bonchev–Trinajstić information content (AvgIpc) is 2.49. The first-order chi connectivity index (χ1) is 10.2. The number of nitrogens with zero attached hydrogens (tertiary/aromatic N) is 4. The lowest BCUT2D eigenvalue weighted by Gasteiger charge is -2.33. The highest BCUT2D eigenvalue weighted by Crippen LogP contribution is 2.21. The smallest absolute Gasteiger partial charge is 0.129 e. The Hall–Kier alpha value is -1.69. The van der Waals surface area contributed by atoms with Crippen LogP contribution in [0.2, 0.25) is 0 Å². The molecule has 5 nitrogen and oxygen atoms in total. The van der Waals surface area contributed by atoms with Gasteiger partial charge in [-0.1, -0.05) is 0 Å². The summed E-state index contributed by atoms with van der Waals surface area (Å²) in [5, 5.41) is 3.50. The van der Waals surface area contributed by atoms with Gasteiger partial charge >= 0.3 is 0 Å². The molecule has 0 bridgehead atoms. The molecule has 21 heavy (non-hydrogen) atoms. The summed E-state index contributed by atoms with van der Waals surface area (Å²) < 4.78 is 1.02. The highest BCUT2D eigenvalue weighted by molar-refractivity contribution is 9.10. The number of hydrogen-bond acceptors (Lipinski definition) is 5. The van der Waals surface area contributed by atoms with Crippen LogP contribution in [-0.4, -0.2) is 34.1 Å². The molecule has 1 aliphatic heterocycles. The van der Waals surface area contributed by atoms with E-state index in [0.717, 1.165) is 47.7 Å². The maximum atomic E-state index is 4.46. The monoisotopic (exact) mass is 347 g/mol. The van der Waals surface area contributed by atoms with Gasteiger partial charge in [-0.25, -0.2) is 15.0 Å². The lowest BCUT2D eigenvalue weighted by Crippen LogP contribution is -2.39. The molecule has 1 aliphatic rings. The highest BCUT2D eigenvalue weighted by atomic mass is 79.9. The van der Waals surface area contributed by atoms with Crippen molar-refractivity contribution < 1.29 is 0 Å². The molecule has 0 atom stereocenters. The summed E-state index contributed by atoms with van der Waals surface area (Å²) in [6.07, 6.45) is 5.63. The summed E-state index contributed by atoms with van der Waals surface area (Å²) in [4.78, 5) is 15.2. The molecular formula is C15H18BrN5. The molecule has 0 radical (unpaired) electrons.